The number of thioether (sulfide) groups is 2. The normalized spacial score (nSPS) is 24.2. The third-order valence-corrected chi connectivity index (χ3v) is 8.03. The minimum absolute atomic E-state index is 0.451. The van der Waals surface area contributed by atoms with Gasteiger partial charge < -0.3 is 5.32 Å². The summed E-state index contributed by atoms with van der Waals surface area (Å²) in [5.74, 6) is 2.53. The van der Waals surface area contributed by atoms with E-state index in [9.17, 15) is 0 Å². The highest BCUT2D eigenvalue weighted by atomic mass is 35.5. The van der Waals surface area contributed by atoms with E-state index in [1.54, 1.807) is 0 Å². The van der Waals surface area contributed by atoms with E-state index in [1.165, 1.54) is 23.6 Å². The van der Waals surface area contributed by atoms with Crippen LogP contribution in [0, 0.1) is 6.92 Å². The first-order valence-electron chi connectivity index (χ1n) is 7.74. The fourth-order valence-corrected chi connectivity index (χ4v) is 6.48. The van der Waals surface area contributed by atoms with Crippen LogP contribution in [0.2, 0.25) is 5.02 Å². The number of nitrogens with zero attached hydrogens (tertiary/aromatic N) is 2. The smallest absolute Gasteiger partial charge is 0.0847 e. The molecule has 0 bridgehead atoms. The highest BCUT2D eigenvalue weighted by molar-refractivity contribution is 8.07. The summed E-state index contributed by atoms with van der Waals surface area (Å²) in [7, 11) is 2.07. The summed E-state index contributed by atoms with van der Waals surface area (Å²) in [6.45, 7) is 7.30. The van der Waals surface area contributed by atoms with Gasteiger partial charge in [-0.1, -0.05) is 18.5 Å². The van der Waals surface area contributed by atoms with Gasteiger partial charge in [0.2, 0.25) is 0 Å². The SMILES string of the molecule is CCC1SCCSC1C(Cc1c(Cl)c(C)nn1CC)NC. The molecule has 120 valence electrons. The third-order valence-electron chi connectivity index (χ3n) is 4.13. The molecule has 0 spiro atoms. The van der Waals surface area contributed by atoms with Crippen LogP contribution in [0.4, 0.5) is 0 Å². The molecule has 1 aromatic rings. The number of hydrogen-bond acceptors (Lipinski definition) is 4. The second-order valence-corrected chi connectivity index (χ2v) is 8.42. The van der Waals surface area contributed by atoms with Crippen LogP contribution in [0.1, 0.15) is 31.7 Å². The van der Waals surface area contributed by atoms with Crippen molar-refractivity contribution in [1.82, 2.24) is 15.1 Å². The number of aryl methyl sites for hydroxylation is 2. The summed E-state index contributed by atoms with van der Waals surface area (Å²) in [5.41, 5.74) is 2.13. The molecule has 1 fully saturated rings. The molecule has 6 heteroatoms. The van der Waals surface area contributed by atoms with E-state index in [2.05, 4.69) is 59.5 Å². The maximum atomic E-state index is 6.48. The summed E-state index contributed by atoms with van der Waals surface area (Å²) in [5, 5.41) is 10.3. The third kappa shape index (κ3) is 3.92. The van der Waals surface area contributed by atoms with Crippen LogP contribution in [-0.4, -0.2) is 44.9 Å². The molecule has 1 saturated heterocycles. The molecule has 1 aromatic heterocycles. The molecule has 0 aromatic carbocycles. The molecule has 2 heterocycles. The molecule has 0 aliphatic carbocycles. The second kappa shape index (κ2) is 8.14. The molecule has 3 nitrogen and oxygen atoms in total. The highest BCUT2D eigenvalue weighted by Crippen LogP contribution is 2.36. The Morgan fingerprint density at radius 3 is 2.71 bits per heavy atom. The maximum Gasteiger partial charge on any atom is 0.0847 e. The average molecular weight is 348 g/mol. The summed E-state index contributed by atoms with van der Waals surface area (Å²) in [6.07, 6.45) is 2.19. The van der Waals surface area contributed by atoms with Gasteiger partial charge in [0.05, 0.1) is 16.4 Å². The average Bonchev–Trinajstić information content (AvgIpc) is 2.79. The molecular weight excluding hydrogens is 322 g/mol. The molecule has 3 atom stereocenters. The Morgan fingerprint density at radius 1 is 1.38 bits per heavy atom. The minimum Gasteiger partial charge on any atom is -0.315 e. The molecular formula is C15H26ClN3S2. The summed E-state index contributed by atoms with van der Waals surface area (Å²) in [4.78, 5) is 0. The van der Waals surface area contributed by atoms with Crippen LogP contribution in [-0.2, 0) is 13.0 Å². The maximum absolute atomic E-state index is 6.48. The van der Waals surface area contributed by atoms with Crippen LogP contribution in [0.25, 0.3) is 0 Å². The highest BCUT2D eigenvalue weighted by Gasteiger charge is 2.32. The Kier molecular flexibility index (Phi) is 6.79. The van der Waals surface area contributed by atoms with E-state index in [0.717, 1.165) is 28.9 Å². The Morgan fingerprint density at radius 2 is 2.10 bits per heavy atom. The Bertz CT molecular complexity index is 464. The predicted octanol–water partition coefficient (Wildman–Crippen LogP) is 3.62. The molecule has 21 heavy (non-hydrogen) atoms. The van der Waals surface area contributed by atoms with Crippen LogP contribution in [0.5, 0.6) is 0 Å². The number of likely N-dealkylation sites (N-methyl/N-ethyl adjacent to an activating group) is 1. The van der Waals surface area contributed by atoms with Crippen LogP contribution in [0.15, 0.2) is 0 Å². The van der Waals surface area contributed by atoms with Gasteiger partial charge in [0, 0.05) is 41.0 Å². The van der Waals surface area contributed by atoms with Gasteiger partial charge in [-0.2, -0.15) is 28.6 Å². The Labute approximate surface area is 142 Å². The predicted molar refractivity (Wildman–Crippen MR) is 97.0 cm³/mol. The Hall–Kier alpha value is 0.160. The van der Waals surface area contributed by atoms with Crippen LogP contribution >= 0.6 is 35.1 Å². The Balaban J connectivity index is 2.18. The topological polar surface area (TPSA) is 29.9 Å². The van der Waals surface area contributed by atoms with E-state index in [0.29, 0.717) is 11.3 Å². The molecule has 1 aliphatic rings. The molecule has 0 amide bonds. The number of nitrogens with one attached hydrogen (secondary N) is 1. The first-order valence-corrected chi connectivity index (χ1v) is 10.2. The lowest BCUT2D eigenvalue weighted by atomic mass is 10.0. The standard InChI is InChI=1S/C15H26ClN3S2/c1-5-13-15(21-8-7-20-13)11(17-4)9-12-14(16)10(3)18-19(12)6-2/h11,13,15,17H,5-9H2,1-4H3. The zero-order valence-electron chi connectivity index (χ0n) is 13.4. The van der Waals surface area contributed by atoms with Crippen molar-refractivity contribution < 1.29 is 0 Å². The number of halogens is 1. The summed E-state index contributed by atoms with van der Waals surface area (Å²) >= 11 is 10.7. The monoisotopic (exact) mass is 347 g/mol. The van der Waals surface area contributed by atoms with Gasteiger partial charge in [-0.3, -0.25) is 4.68 Å². The van der Waals surface area contributed by atoms with Crippen molar-refractivity contribution in [2.45, 2.75) is 56.7 Å². The summed E-state index contributed by atoms with van der Waals surface area (Å²) in [6, 6.07) is 0.451. The zero-order chi connectivity index (χ0) is 15.4. The van der Waals surface area contributed by atoms with Crippen molar-refractivity contribution in [2.24, 2.45) is 0 Å². The number of hydrogen-bond donors (Lipinski definition) is 1. The minimum atomic E-state index is 0.451. The first-order chi connectivity index (χ1) is 10.1. The fraction of sp³-hybridized carbons (Fsp3) is 0.800. The first kappa shape index (κ1) is 17.5. The second-order valence-electron chi connectivity index (χ2n) is 5.41. The molecule has 1 N–H and O–H groups in total. The van der Waals surface area contributed by atoms with Crippen molar-refractivity contribution in [2.75, 3.05) is 18.6 Å². The van der Waals surface area contributed by atoms with Gasteiger partial charge in [-0.25, -0.2) is 0 Å². The van der Waals surface area contributed by atoms with Crippen molar-refractivity contribution in [1.29, 1.82) is 0 Å². The van der Waals surface area contributed by atoms with Gasteiger partial charge in [-0.15, -0.1) is 0 Å². The van der Waals surface area contributed by atoms with E-state index in [1.807, 2.05) is 6.92 Å². The quantitative estimate of drug-likeness (QED) is 0.851. The lowest BCUT2D eigenvalue weighted by Crippen LogP contribution is -2.45. The van der Waals surface area contributed by atoms with Gasteiger partial charge in [0.15, 0.2) is 0 Å². The van der Waals surface area contributed by atoms with E-state index < -0.39 is 0 Å². The van der Waals surface area contributed by atoms with Gasteiger partial charge in [0.25, 0.3) is 0 Å². The van der Waals surface area contributed by atoms with Gasteiger partial charge >= 0.3 is 0 Å². The number of rotatable bonds is 6. The van der Waals surface area contributed by atoms with Gasteiger partial charge in [0.1, 0.15) is 0 Å². The van der Waals surface area contributed by atoms with Crippen LogP contribution < -0.4 is 5.32 Å². The van der Waals surface area contributed by atoms with E-state index >= 15 is 0 Å². The van der Waals surface area contributed by atoms with Crippen molar-refractivity contribution >= 4 is 35.1 Å². The molecule has 3 unspecified atom stereocenters. The van der Waals surface area contributed by atoms with Crippen molar-refractivity contribution in [3.63, 3.8) is 0 Å². The fourth-order valence-electron chi connectivity index (χ4n) is 2.97. The molecule has 1 aliphatic heterocycles. The van der Waals surface area contributed by atoms with E-state index in [4.69, 9.17) is 11.6 Å². The van der Waals surface area contributed by atoms with E-state index in [-0.39, 0.29) is 0 Å². The lowest BCUT2D eigenvalue weighted by molar-refractivity contribution is 0.493. The summed E-state index contributed by atoms with van der Waals surface area (Å²) < 4.78 is 2.06. The molecule has 0 saturated carbocycles. The molecule has 0 radical (unpaired) electrons. The largest absolute Gasteiger partial charge is 0.315 e. The van der Waals surface area contributed by atoms with Gasteiger partial charge in [-0.05, 0) is 27.3 Å². The van der Waals surface area contributed by atoms with Crippen molar-refractivity contribution in [3.8, 4) is 0 Å². The molecule has 2 rings (SSSR count). The zero-order valence-corrected chi connectivity index (χ0v) is 15.7. The lowest BCUT2D eigenvalue weighted by Gasteiger charge is -2.36. The van der Waals surface area contributed by atoms with Crippen molar-refractivity contribution in [3.05, 3.63) is 16.4 Å². The number of aromatic nitrogens is 2. The van der Waals surface area contributed by atoms with Crippen LogP contribution in [0.3, 0.4) is 0 Å².